The van der Waals surface area contributed by atoms with Gasteiger partial charge in [0.1, 0.15) is 5.82 Å². The van der Waals surface area contributed by atoms with E-state index >= 15 is 0 Å². The molecule has 0 aliphatic rings. The molecule has 1 amide bonds. The molecular formula is C14H12BrFN2O. The zero-order valence-electron chi connectivity index (χ0n) is 9.99. The first-order chi connectivity index (χ1) is 9.06. The van der Waals surface area contributed by atoms with Gasteiger partial charge in [0.15, 0.2) is 0 Å². The molecule has 2 rings (SSSR count). The predicted octanol–water partition coefficient (Wildman–Crippen LogP) is 3.35. The van der Waals surface area contributed by atoms with Gasteiger partial charge in [0.2, 0.25) is 5.91 Å². The number of halogens is 2. The quantitative estimate of drug-likeness (QED) is 0.851. The first kappa shape index (κ1) is 13.5. The summed E-state index contributed by atoms with van der Waals surface area (Å²) in [6.07, 6.45) is 0.148. The number of para-hydroxylation sites is 1. The predicted molar refractivity (Wildman–Crippen MR) is 77.3 cm³/mol. The number of benzene rings is 2. The van der Waals surface area contributed by atoms with Gasteiger partial charge < -0.3 is 11.1 Å². The molecule has 2 aromatic carbocycles. The Bertz CT molecular complexity index is 616. The van der Waals surface area contributed by atoms with Crippen LogP contribution in [0.1, 0.15) is 5.56 Å². The molecule has 0 aromatic heterocycles. The van der Waals surface area contributed by atoms with Crippen LogP contribution in [-0.4, -0.2) is 5.91 Å². The van der Waals surface area contributed by atoms with Gasteiger partial charge in [-0.3, -0.25) is 4.79 Å². The summed E-state index contributed by atoms with van der Waals surface area (Å²) >= 11 is 3.25. The van der Waals surface area contributed by atoms with Gasteiger partial charge in [-0.1, -0.05) is 18.2 Å². The first-order valence-electron chi connectivity index (χ1n) is 5.64. The van der Waals surface area contributed by atoms with E-state index in [0.29, 0.717) is 15.8 Å². The maximum Gasteiger partial charge on any atom is 0.228 e. The van der Waals surface area contributed by atoms with Crippen LogP contribution in [0.2, 0.25) is 0 Å². The van der Waals surface area contributed by atoms with Crippen LogP contribution in [-0.2, 0) is 11.2 Å². The van der Waals surface area contributed by atoms with Crippen molar-refractivity contribution in [1.29, 1.82) is 0 Å². The van der Waals surface area contributed by atoms with Crippen LogP contribution in [0.25, 0.3) is 0 Å². The average Bonchev–Trinajstić information content (AvgIpc) is 2.37. The molecule has 0 saturated heterocycles. The Hall–Kier alpha value is -1.88. The first-order valence-corrected chi connectivity index (χ1v) is 6.44. The number of nitrogen functional groups attached to an aromatic ring is 1. The summed E-state index contributed by atoms with van der Waals surface area (Å²) in [6.45, 7) is 0. The molecule has 0 spiro atoms. The number of carbonyl (C=O) groups excluding carboxylic acids is 1. The fourth-order valence-electron chi connectivity index (χ4n) is 1.66. The molecule has 0 bridgehead atoms. The molecule has 0 saturated carbocycles. The number of anilines is 2. The maximum absolute atomic E-state index is 13.1. The molecule has 0 atom stereocenters. The Morgan fingerprint density at radius 1 is 1.26 bits per heavy atom. The Balaban J connectivity index is 2.10. The third-order valence-electron chi connectivity index (χ3n) is 2.61. The standard InChI is InChI=1S/C14H12BrFN2O/c15-11-6-5-10(16)8-13(11)18-14(19)7-9-3-1-2-4-12(9)17/h1-6,8H,7,17H2,(H,18,19). The summed E-state index contributed by atoms with van der Waals surface area (Å²) in [5.41, 5.74) is 7.48. The van der Waals surface area contributed by atoms with E-state index in [1.807, 2.05) is 6.07 Å². The minimum atomic E-state index is -0.405. The summed E-state index contributed by atoms with van der Waals surface area (Å²) in [5, 5.41) is 2.65. The van der Waals surface area contributed by atoms with Gasteiger partial charge in [-0.2, -0.15) is 0 Å². The van der Waals surface area contributed by atoms with Gasteiger partial charge in [0.25, 0.3) is 0 Å². The lowest BCUT2D eigenvalue weighted by atomic mass is 10.1. The fourth-order valence-corrected chi connectivity index (χ4v) is 2.00. The number of hydrogen-bond acceptors (Lipinski definition) is 2. The summed E-state index contributed by atoms with van der Waals surface area (Å²) in [5.74, 6) is -0.651. The SMILES string of the molecule is Nc1ccccc1CC(=O)Nc1cc(F)ccc1Br. The van der Waals surface area contributed by atoms with Crippen molar-refractivity contribution in [3.8, 4) is 0 Å². The smallest absolute Gasteiger partial charge is 0.228 e. The van der Waals surface area contributed by atoms with E-state index in [0.717, 1.165) is 5.56 Å². The number of nitrogens with two attached hydrogens (primary N) is 1. The minimum Gasteiger partial charge on any atom is -0.398 e. The normalized spacial score (nSPS) is 10.2. The van der Waals surface area contributed by atoms with Crippen molar-refractivity contribution in [2.45, 2.75) is 6.42 Å². The highest BCUT2D eigenvalue weighted by Gasteiger charge is 2.09. The number of hydrogen-bond donors (Lipinski definition) is 2. The van der Waals surface area contributed by atoms with Crippen LogP contribution in [0, 0.1) is 5.82 Å². The molecule has 0 radical (unpaired) electrons. The largest absolute Gasteiger partial charge is 0.398 e. The van der Waals surface area contributed by atoms with Crippen molar-refractivity contribution in [3.05, 3.63) is 58.3 Å². The lowest BCUT2D eigenvalue weighted by Crippen LogP contribution is -2.15. The van der Waals surface area contributed by atoms with Crippen LogP contribution in [0.5, 0.6) is 0 Å². The molecule has 0 aliphatic carbocycles. The third kappa shape index (κ3) is 3.54. The minimum absolute atomic E-state index is 0.148. The van der Waals surface area contributed by atoms with Gasteiger partial charge >= 0.3 is 0 Å². The van der Waals surface area contributed by atoms with Crippen molar-refractivity contribution in [2.24, 2.45) is 0 Å². The Labute approximate surface area is 118 Å². The van der Waals surface area contributed by atoms with Crippen LogP contribution < -0.4 is 11.1 Å². The Kier molecular flexibility index (Phi) is 4.16. The average molecular weight is 323 g/mol. The maximum atomic E-state index is 13.1. The summed E-state index contributed by atoms with van der Waals surface area (Å²) < 4.78 is 13.7. The fraction of sp³-hybridized carbons (Fsp3) is 0.0714. The van der Waals surface area contributed by atoms with Gasteiger partial charge in [0, 0.05) is 10.2 Å². The van der Waals surface area contributed by atoms with Crippen LogP contribution >= 0.6 is 15.9 Å². The Morgan fingerprint density at radius 2 is 2.00 bits per heavy atom. The van der Waals surface area contributed by atoms with Crippen molar-refractivity contribution >= 4 is 33.2 Å². The monoisotopic (exact) mass is 322 g/mol. The molecule has 0 unspecified atom stereocenters. The van der Waals surface area contributed by atoms with Crippen LogP contribution in [0.3, 0.4) is 0 Å². The molecule has 0 fully saturated rings. The molecule has 5 heteroatoms. The molecule has 0 aliphatic heterocycles. The second-order valence-electron chi connectivity index (χ2n) is 4.05. The molecule has 0 heterocycles. The van der Waals surface area contributed by atoms with Gasteiger partial charge in [0.05, 0.1) is 12.1 Å². The summed E-state index contributed by atoms with van der Waals surface area (Å²) in [6, 6.07) is 11.3. The third-order valence-corrected chi connectivity index (χ3v) is 3.30. The highest BCUT2D eigenvalue weighted by molar-refractivity contribution is 9.10. The second kappa shape index (κ2) is 5.84. The highest BCUT2D eigenvalue weighted by Crippen LogP contribution is 2.23. The van der Waals surface area contributed by atoms with Crippen molar-refractivity contribution in [2.75, 3.05) is 11.1 Å². The van der Waals surface area contributed by atoms with E-state index in [-0.39, 0.29) is 12.3 Å². The highest BCUT2D eigenvalue weighted by atomic mass is 79.9. The molecular weight excluding hydrogens is 311 g/mol. The van der Waals surface area contributed by atoms with Crippen molar-refractivity contribution in [1.82, 2.24) is 0 Å². The molecule has 2 aromatic rings. The van der Waals surface area contributed by atoms with Gasteiger partial charge in [-0.25, -0.2) is 4.39 Å². The molecule has 19 heavy (non-hydrogen) atoms. The van der Waals surface area contributed by atoms with E-state index in [9.17, 15) is 9.18 Å². The van der Waals surface area contributed by atoms with E-state index in [1.54, 1.807) is 24.3 Å². The summed E-state index contributed by atoms with van der Waals surface area (Å²) in [4.78, 5) is 11.9. The molecule has 3 N–H and O–H groups in total. The number of nitrogens with one attached hydrogen (secondary N) is 1. The molecule has 98 valence electrons. The van der Waals surface area contributed by atoms with Gasteiger partial charge in [-0.15, -0.1) is 0 Å². The number of carbonyl (C=O) groups is 1. The van der Waals surface area contributed by atoms with E-state index in [4.69, 9.17) is 5.73 Å². The molecule has 3 nitrogen and oxygen atoms in total. The number of amides is 1. The topological polar surface area (TPSA) is 55.1 Å². The second-order valence-corrected chi connectivity index (χ2v) is 4.90. The zero-order valence-corrected chi connectivity index (χ0v) is 11.6. The Morgan fingerprint density at radius 3 is 2.74 bits per heavy atom. The van der Waals surface area contributed by atoms with Crippen molar-refractivity contribution in [3.63, 3.8) is 0 Å². The van der Waals surface area contributed by atoms with Crippen LogP contribution in [0.15, 0.2) is 46.9 Å². The van der Waals surface area contributed by atoms with Crippen molar-refractivity contribution < 1.29 is 9.18 Å². The number of rotatable bonds is 3. The van der Waals surface area contributed by atoms with E-state index < -0.39 is 5.82 Å². The van der Waals surface area contributed by atoms with E-state index in [1.165, 1.54) is 12.1 Å². The van der Waals surface area contributed by atoms with Crippen LogP contribution in [0.4, 0.5) is 15.8 Å². The lowest BCUT2D eigenvalue weighted by Gasteiger charge is -2.08. The van der Waals surface area contributed by atoms with Gasteiger partial charge in [-0.05, 0) is 45.8 Å². The zero-order chi connectivity index (χ0) is 13.8. The van der Waals surface area contributed by atoms with E-state index in [2.05, 4.69) is 21.2 Å². The lowest BCUT2D eigenvalue weighted by molar-refractivity contribution is -0.115. The summed E-state index contributed by atoms with van der Waals surface area (Å²) in [7, 11) is 0.